The number of hydrogen-bond acceptors (Lipinski definition) is 3. The number of aldehydes is 1. The van der Waals surface area contributed by atoms with Crippen LogP contribution in [0, 0.1) is 27.8 Å². The van der Waals surface area contributed by atoms with Crippen molar-refractivity contribution in [2.45, 2.75) is 0 Å². The Balaban J connectivity index is 3.28. The van der Waals surface area contributed by atoms with Crippen molar-refractivity contribution < 1.29 is 14.1 Å². The standard InChI is InChI=1S/C9H4FNO3/c10-8-4-3-7(2-1-5-12)9(6-8)11(13)14/h3-6H. The number of carbonyl (C=O) groups excluding carboxylic acids is 1. The first-order valence-electron chi connectivity index (χ1n) is 3.54. The SMILES string of the molecule is O=CC#Cc1ccc(F)cc1[N+](=O)[O-]. The van der Waals surface area contributed by atoms with Crippen LogP contribution in [0.2, 0.25) is 0 Å². The van der Waals surface area contributed by atoms with Gasteiger partial charge in [0.05, 0.1) is 11.0 Å². The second-order valence-corrected chi connectivity index (χ2v) is 2.31. The summed E-state index contributed by atoms with van der Waals surface area (Å²) in [5.74, 6) is 3.55. The van der Waals surface area contributed by atoms with Gasteiger partial charge >= 0.3 is 0 Å². The number of carbonyl (C=O) groups is 1. The summed E-state index contributed by atoms with van der Waals surface area (Å²) in [4.78, 5) is 19.6. The Hall–Kier alpha value is -2.22. The first-order chi connectivity index (χ1) is 6.65. The van der Waals surface area contributed by atoms with Crippen LogP contribution in [-0.2, 0) is 4.79 Å². The first-order valence-corrected chi connectivity index (χ1v) is 3.54. The molecule has 0 heterocycles. The van der Waals surface area contributed by atoms with Crippen molar-refractivity contribution in [3.05, 3.63) is 39.7 Å². The van der Waals surface area contributed by atoms with Crippen LogP contribution in [0.25, 0.3) is 0 Å². The van der Waals surface area contributed by atoms with Crippen molar-refractivity contribution in [3.63, 3.8) is 0 Å². The highest BCUT2D eigenvalue weighted by molar-refractivity contribution is 5.74. The molecule has 5 heteroatoms. The molecule has 4 nitrogen and oxygen atoms in total. The van der Waals surface area contributed by atoms with Gasteiger partial charge in [-0.25, -0.2) is 4.39 Å². The summed E-state index contributed by atoms with van der Waals surface area (Å²) in [5.41, 5.74) is -0.428. The van der Waals surface area contributed by atoms with Gasteiger partial charge in [0.1, 0.15) is 11.4 Å². The number of nitro benzene ring substituents is 1. The Morgan fingerprint density at radius 3 is 2.79 bits per heavy atom. The Bertz CT molecular complexity index is 445. The Morgan fingerprint density at radius 1 is 1.50 bits per heavy atom. The molecule has 0 bridgehead atoms. The molecule has 0 unspecified atom stereocenters. The molecule has 0 saturated carbocycles. The van der Waals surface area contributed by atoms with E-state index in [1.165, 1.54) is 0 Å². The third-order valence-electron chi connectivity index (χ3n) is 1.42. The molecule has 0 fully saturated rings. The average molecular weight is 193 g/mol. The van der Waals surface area contributed by atoms with Crippen molar-refractivity contribution in [2.75, 3.05) is 0 Å². The van der Waals surface area contributed by atoms with Gasteiger partial charge in [-0.15, -0.1) is 0 Å². The van der Waals surface area contributed by atoms with Crippen molar-refractivity contribution >= 4 is 12.0 Å². The third-order valence-corrected chi connectivity index (χ3v) is 1.42. The Morgan fingerprint density at radius 2 is 2.21 bits per heavy atom. The maximum atomic E-state index is 12.6. The van der Waals surface area contributed by atoms with E-state index < -0.39 is 16.4 Å². The molecule has 1 aromatic rings. The summed E-state index contributed by atoms with van der Waals surface area (Å²) in [6.45, 7) is 0. The molecule has 70 valence electrons. The Kier molecular flexibility index (Phi) is 2.92. The number of nitro groups is 1. The molecule has 0 saturated heterocycles. The second kappa shape index (κ2) is 4.14. The van der Waals surface area contributed by atoms with Gasteiger partial charge < -0.3 is 0 Å². The third kappa shape index (κ3) is 2.14. The lowest BCUT2D eigenvalue weighted by atomic mass is 10.2. The fraction of sp³-hybridized carbons (Fsp3) is 0. The molecule has 0 radical (unpaired) electrons. The van der Waals surface area contributed by atoms with Crippen molar-refractivity contribution in [1.29, 1.82) is 0 Å². The summed E-state index contributed by atoms with van der Waals surface area (Å²) < 4.78 is 12.6. The summed E-state index contributed by atoms with van der Waals surface area (Å²) in [6.07, 6.45) is 0.313. The quantitative estimate of drug-likeness (QED) is 0.292. The second-order valence-electron chi connectivity index (χ2n) is 2.31. The minimum Gasteiger partial charge on any atom is -0.289 e. The van der Waals surface area contributed by atoms with Gasteiger partial charge in [0.15, 0.2) is 6.29 Å². The molecule has 0 amide bonds. The van der Waals surface area contributed by atoms with Gasteiger partial charge in [0.2, 0.25) is 0 Å². The Labute approximate surface area is 78.5 Å². The fourth-order valence-corrected chi connectivity index (χ4v) is 0.869. The smallest absolute Gasteiger partial charge is 0.287 e. The van der Waals surface area contributed by atoms with Gasteiger partial charge in [-0.1, -0.05) is 5.92 Å². The van der Waals surface area contributed by atoms with Crippen molar-refractivity contribution in [3.8, 4) is 11.8 Å². The van der Waals surface area contributed by atoms with Gasteiger partial charge in [-0.2, -0.15) is 0 Å². The van der Waals surface area contributed by atoms with Crippen molar-refractivity contribution in [2.24, 2.45) is 0 Å². The summed E-state index contributed by atoms with van der Waals surface area (Å²) in [5, 5.41) is 10.4. The molecule has 0 aromatic heterocycles. The van der Waals surface area contributed by atoms with E-state index in [2.05, 4.69) is 5.92 Å². The van der Waals surface area contributed by atoms with Gasteiger partial charge in [0.25, 0.3) is 5.69 Å². The highest BCUT2D eigenvalue weighted by atomic mass is 19.1. The lowest BCUT2D eigenvalue weighted by Crippen LogP contribution is -1.93. The van der Waals surface area contributed by atoms with E-state index in [4.69, 9.17) is 0 Å². The van der Waals surface area contributed by atoms with Crippen LogP contribution in [0.5, 0.6) is 0 Å². The number of benzene rings is 1. The van der Waals surface area contributed by atoms with E-state index in [1.54, 1.807) is 0 Å². The highest BCUT2D eigenvalue weighted by Gasteiger charge is 2.12. The molecule has 14 heavy (non-hydrogen) atoms. The lowest BCUT2D eigenvalue weighted by molar-refractivity contribution is -0.385. The van der Waals surface area contributed by atoms with E-state index in [9.17, 15) is 19.3 Å². The van der Waals surface area contributed by atoms with E-state index in [0.29, 0.717) is 6.29 Å². The number of halogens is 1. The molecular formula is C9H4FNO3. The molecule has 0 aliphatic rings. The topological polar surface area (TPSA) is 60.2 Å². The zero-order valence-electron chi connectivity index (χ0n) is 6.86. The number of hydrogen-bond donors (Lipinski definition) is 0. The minimum atomic E-state index is -0.752. The zero-order valence-corrected chi connectivity index (χ0v) is 6.86. The lowest BCUT2D eigenvalue weighted by Gasteiger charge is -1.94. The van der Waals surface area contributed by atoms with Crippen LogP contribution in [0.4, 0.5) is 10.1 Å². The summed E-state index contributed by atoms with van der Waals surface area (Å²) >= 11 is 0. The van der Waals surface area contributed by atoms with Crippen LogP contribution in [0.1, 0.15) is 5.56 Å². The number of nitrogens with zero attached hydrogens (tertiary/aromatic N) is 1. The monoisotopic (exact) mass is 193 g/mol. The van der Waals surface area contributed by atoms with Gasteiger partial charge in [-0.3, -0.25) is 14.9 Å². The van der Waals surface area contributed by atoms with E-state index in [-0.39, 0.29) is 5.56 Å². The number of rotatable bonds is 1. The summed E-state index contributed by atoms with van der Waals surface area (Å²) in [6, 6.07) is 2.96. The average Bonchev–Trinajstić information content (AvgIpc) is 2.15. The molecule has 0 spiro atoms. The molecule has 0 aliphatic heterocycles. The first kappa shape index (κ1) is 9.86. The molecular weight excluding hydrogens is 189 g/mol. The highest BCUT2D eigenvalue weighted by Crippen LogP contribution is 2.18. The predicted molar refractivity (Wildman–Crippen MR) is 46.0 cm³/mol. The van der Waals surface area contributed by atoms with Crippen LogP contribution in [0.3, 0.4) is 0 Å². The fourth-order valence-electron chi connectivity index (χ4n) is 0.869. The van der Waals surface area contributed by atoms with Crippen LogP contribution >= 0.6 is 0 Å². The maximum Gasteiger partial charge on any atom is 0.287 e. The zero-order chi connectivity index (χ0) is 10.6. The largest absolute Gasteiger partial charge is 0.289 e. The van der Waals surface area contributed by atoms with Gasteiger partial charge in [-0.05, 0) is 18.1 Å². The van der Waals surface area contributed by atoms with Crippen LogP contribution in [0.15, 0.2) is 18.2 Å². The molecule has 1 rings (SSSR count). The molecule has 1 aromatic carbocycles. The maximum absolute atomic E-state index is 12.6. The molecule has 0 atom stereocenters. The van der Waals surface area contributed by atoms with E-state index in [1.807, 2.05) is 5.92 Å². The predicted octanol–water partition coefficient (Wildman–Crippen LogP) is 1.28. The van der Waals surface area contributed by atoms with Crippen LogP contribution in [-0.4, -0.2) is 11.2 Å². The van der Waals surface area contributed by atoms with E-state index >= 15 is 0 Å². The normalized spacial score (nSPS) is 8.64. The van der Waals surface area contributed by atoms with Crippen LogP contribution < -0.4 is 0 Å². The van der Waals surface area contributed by atoms with Crippen molar-refractivity contribution in [1.82, 2.24) is 0 Å². The van der Waals surface area contributed by atoms with E-state index in [0.717, 1.165) is 18.2 Å². The van der Waals surface area contributed by atoms with Gasteiger partial charge in [0, 0.05) is 0 Å². The summed E-state index contributed by atoms with van der Waals surface area (Å²) in [7, 11) is 0. The molecule has 0 N–H and O–H groups in total. The molecule has 0 aliphatic carbocycles. The minimum absolute atomic E-state index is 0.0171.